The Morgan fingerprint density at radius 1 is 1.12 bits per heavy atom. The molecule has 1 saturated carbocycles. The summed E-state index contributed by atoms with van der Waals surface area (Å²) in [4.78, 5) is 7.45. The molecule has 8 heteroatoms. The average Bonchev–Trinajstić information content (AvgIpc) is 3.35. The van der Waals surface area contributed by atoms with E-state index in [0.717, 1.165) is 49.4 Å². The van der Waals surface area contributed by atoms with Gasteiger partial charge in [-0.1, -0.05) is 31.4 Å². The van der Waals surface area contributed by atoms with E-state index in [4.69, 9.17) is 9.73 Å². The summed E-state index contributed by atoms with van der Waals surface area (Å²) in [6.07, 6.45) is 9.12. The van der Waals surface area contributed by atoms with Crippen molar-refractivity contribution in [3.63, 3.8) is 0 Å². The van der Waals surface area contributed by atoms with E-state index in [2.05, 4.69) is 32.5 Å². The lowest BCUT2D eigenvalue weighted by Crippen LogP contribution is -2.42. The van der Waals surface area contributed by atoms with Crippen molar-refractivity contribution in [2.24, 2.45) is 17.5 Å². The molecule has 2 fully saturated rings. The first kappa shape index (κ1) is 24.8. The van der Waals surface area contributed by atoms with Gasteiger partial charge in [-0.2, -0.15) is 0 Å². The lowest BCUT2D eigenvalue weighted by atomic mass is 9.73. The van der Waals surface area contributed by atoms with Crippen molar-refractivity contribution in [3.05, 3.63) is 41.5 Å². The van der Waals surface area contributed by atoms with E-state index < -0.39 is 0 Å². The number of ether oxygens (including phenoxy) is 1. The van der Waals surface area contributed by atoms with Crippen LogP contribution in [0, 0.1) is 12.3 Å². The van der Waals surface area contributed by atoms with E-state index in [9.17, 15) is 0 Å². The Morgan fingerprint density at radius 2 is 1.88 bits per heavy atom. The fourth-order valence-electron chi connectivity index (χ4n) is 4.94. The molecule has 0 radical (unpaired) electrons. The highest BCUT2D eigenvalue weighted by Gasteiger charge is 2.39. The third-order valence-corrected chi connectivity index (χ3v) is 7.06. The van der Waals surface area contributed by atoms with E-state index >= 15 is 0 Å². The Hall–Kier alpha value is -1.84. The molecule has 7 nitrogen and oxygen atoms in total. The van der Waals surface area contributed by atoms with Crippen molar-refractivity contribution < 1.29 is 4.74 Å². The summed E-state index contributed by atoms with van der Waals surface area (Å²) in [5.74, 6) is 3.73. The zero-order chi connectivity index (χ0) is 21.7. The maximum absolute atomic E-state index is 5.26. The number of nitrogens with zero attached hydrogens (tertiary/aromatic N) is 5. The van der Waals surface area contributed by atoms with Crippen molar-refractivity contribution in [1.82, 2.24) is 25.0 Å². The number of aromatic nitrogens is 3. The molecular weight excluding hydrogens is 515 g/mol. The Labute approximate surface area is 209 Å². The summed E-state index contributed by atoms with van der Waals surface area (Å²) in [6.45, 7) is 5.59. The number of halogens is 1. The highest BCUT2D eigenvalue weighted by molar-refractivity contribution is 14.0. The second kappa shape index (κ2) is 11.3. The van der Waals surface area contributed by atoms with Crippen LogP contribution in [0.15, 0.2) is 29.3 Å². The lowest BCUT2D eigenvalue weighted by molar-refractivity contribution is 0.203. The van der Waals surface area contributed by atoms with Crippen LogP contribution in [-0.4, -0.2) is 52.4 Å². The molecule has 1 aliphatic carbocycles. The van der Waals surface area contributed by atoms with E-state index in [-0.39, 0.29) is 24.0 Å². The van der Waals surface area contributed by atoms with Gasteiger partial charge in [-0.25, -0.2) is 4.99 Å². The summed E-state index contributed by atoms with van der Waals surface area (Å²) in [5, 5.41) is 12.1. The second-order valence-electron chi connectivity index (χ2n) is 9.12. The standard InChI is InChI=1S/C24H36N6O.HI/c1-19-27-28-22(29(19)2)17-26-23(25-15-11-20-7-9-21(31-3)10-8-20)30-16-14-24(18-30)12-5-4-6-13-24;/h7-10H,4-6,11-18H2,1-3H3,(H,25,26);1H. The van der Waals surface area contributed by atoms with Crippen LogP contribution in [-0.2, 0) is 20.0 Å². The van der Waals surface area contributed by atoms with Gasteiger partial charge in [-0.15, -0.1) is 34.2 Å². The Balaban J connectivity index is 0.00000289. The van der Waals surface area contributed by atoms with Crippen LogP contribution < -0.4 is 10.1 Å². The summed E-state index contributed by atoms with van der Waals surface area (Å²) < 4.78 is 7.28. The van der Waals surface area contributed by atoms with Gasteiger partial charge in [0.2, 0.25) is 0 Å². The molecule has 1 aliphatic heterocycles. The van der Waals surface area contributed by atoms with Crippen LogP contribution in [0.2, 0.25) is 0 Å². The number of guanidine groups is 1. The molecule has 1 spiro atoms. The van der Waals surface area contributed by atoms with Gasteiger partial charge in [0, 0.05) is 26.7 Å². The Kier molecular flexibility index (Phi) is 8.79. The summed E-state index contributed by atoms with van der Waals surface area (Å²) in [6, 6.07) is 8.31. The molecule has 2 aromatic rings. The topological polar surface area (TPSA) is 67.6 Å². The normalized spacial score (nSPS) is 18.0. The molecule has 0 unspecified atom stereocenters. The molecule has 1 aromatic carbocycles. The summed E-state index contributed by atoms with van der Waals surface area (Å²) >= 11 is 0. The van der Waals surface area contributed by atoms with E-state index in [0.29, 0.717) is 12.0 Å². The van der Waals surface area contributed by atoms with Gasteiger partial charge in [-0.3, -0.25) is 0 Å². The van der Waals surface area contributed by atoms with Crippen LogP contribution in [0.25, 0.3) is 0 Å². The first-order valence-corrected chi connectivity index (χ1v) is 11.6. The number of benzene rings is 1. The molecule has 1 aromatic heterocycles. The highest BCUT2D eigenvalue weighted by atomic mass is 127. The van der Waals surface area contributed by atoms with Crippen LogP contribution in [0.4, 0.5) is 0 Å². The minimum atomic E-state index is 0. The van der Waals surface area contributed by atoms with Crippen molar-refractivity contribution >= 4 is 29.9 Å². The van der Waals surface area contributed by atoms with Gasteiger partial charge >= 0.3 is 0 Å². The molecule has 1 saturated heterocycles. The summed E-state index contributed by atoms with van der Waals surface area (Å²) in [7, 11) is 3.71. The number of methoxy groups -OCH3 is 1. The number of rotatable bonds is 6. The molecular formula is C24H37IN6O. The van der Waals surface area contributed by atoms with Crippen LogP contribution in [0.5, 0.6) is 5.75 Å². The lowest BCUT2D eigenvalue weighted by Gasteiger charge is -2.33. The smallest absolute Gasteiger partial charge is 0.194 e. The molecule has 176 valence electrons. The summed E-state index contributed by atoms with van der Waals surface area (Å²) in [5.41, 5.74) is 1.79. The van der Waals surface area contributed by atoms with E-state index in [1.165, 1.54) is 44.1 Å². The molecule has 4 rings (SSSR count). The second-order valence-corrected chi connectivity index (χ2v) is 9.12. The first-order chi connectivity index (χ1) is 15.1. The first-order valence-electron chi connectivity index (χ1n) is 11.6. The van der Waals surface area contributed by atoms with Crippen molar-refractivity contribution in [1.29, 1.82) is 0 Å². The molecule has 0 bridgehead atoms. The molecule has 1 N–H and O–H groups in total. The van der Waals surface area contributed by atoms with E-state index in [1.54, 1.807) is 7.11 Å². The molecule has 2 heterocycles. The largest absolute Gasteiger partial charge is 0.497 e. The van der Waals surface area contributed by atoms with Gasteiger partial charge in [0.1, 0.15) is 18.1 Å². The zero-order valence-electron chi connectivity index (χ0n) is 19.6. The molecule has 32 heavy (non-hydrogen) atoms. The number of aryl methyl sites for hydroxylation is 1. The Morgan fingerprint density at radius 3 is 2.53 bits per heavy atom. The van der Waals surface area contributed by atoms with Crippen molar-refractivity contribution in [2.75, 3.05) is 26.7 Å². The quantitative estimate of drug-likeness (QED) is 0.332. The predicted molar refractivity (Wildman–Crippen MR) is 139 cm³/mol. The average molecular weight is 553 g/mol. The van der Waals surface area contributed by atoms with Crippen LogP contribution in [0.3, 0.4) is 0 Å². The van der Waals surface area contributed by atoms with Crippen molar-refractivity contribution in [3.8, 4) is 5.75 Å². The molecule has 0 amide bonds. The minimum Gasteiger partial charge on any atom is -0.497 e. The van der Waals surface area contributed by atoms with Gasteiger partial charge in [0.05, 0.1) is 7.11 Å². The third kappa shape index (κ3) is 5.94. The number of aliphatic imine (C=N–C) groups is 1. The maximum atomic E-state index is 5.26. The monoisotopic (exact) mass is 552 g/mol. The van der Waals surface area contributed by atoms with Crippen molar-refractivity contribution in [2.45, 2.75) is 58.4 Å². The number of hydrogen-bond donors (Lipinski definition) is 1. The Bertz CT molecular complexity index is 888. The zero-order valence-corrected chi connectivity index (χ0v) is 22.0. The fourth-order valence-corrected chi connectivity index (χ4v) is 4.94. The minimum absolute atomic E-state index is 0. The molecule has 2 aliphatic rings. The number of hydrogen-bond acceptors (Lipinski definition) is 4. The van der Waals surface area contributed by atoms with Gasteiger partial charge in [0.15, 0.2) is 11.8 Å². The van der Waals surface area contributed by atoms with Gasteiger partial charge in [0.25, 0.3) is 0 Å². The van der Waals surface area contributed by atoms with Gasteiger partial charge in [-0.05, 0) is 55.7 Å². The van der Waals surface area contributed by atoms with Gasteiger partial charge < -0.3 is 19.5 Å². The fraction of sp³-hybridized carbons (Fsp3) is 0.625. The van der Waals surface area contributed by atoms with E-state index in [1.807, 2.05) is 30.7 Å². The number of nitrogens with one attached hydrogen (secondary N) is 1. The van der Waals surface area contributed by atoms with Crippen LogP contribution in [0.1, 0.15) is 55.7 Å². The SMILES string of the molecule is COc1ccc(CCNC(=NCc2nnc(C)n2C)N2CCC3(CCCCC3)C2)cc1.I. The van der Waals surface area contributed by atoms with Crippen LogP contribution >= 0.6 is 24.0 Å². The molecule has 0 atom stereocenters. The predicted octanol–water partition coefficient (Wildman–Crippen LogP) is 4.09. The number of likely N-dealkylation sites (tertiary alicyclic amines) is 1. The maximum Gasteiger partial charge on any atom is 0.194 e. The third-order valence-electron chi connectivity index (χ3n) is 7.06. The highest BCUT2D eigenvalue weighted by Crippen LogP contribution is 2.43.